The topological polar surface area (TPSA) is 51.8 Å². The fourth-order valence-electron chi connectivity index (χ4n) is 7.12. The third-order valence-electron chi connectivity index (χ3n) is 9.37. The van der Waals surface area contributed by atoms with Crippen LogP contribution in [-0.2, 0) is 0 Å². The van der Waals surface area contributed by atoms with E-state index in [2.05, 4.69) is 91.0 Å². The van der Waals surface area contributed by atoms with Crippen LogP contribution in [0.25, 0.3) is 98.5 Å². The Morgan fingerprint density at radius 3 is 1.66 bits per heavy atom. The third-order valence-corrected chi connectivity index (χ3v) is 10.5. The lowest BCUT2D eigenvalue weighted by molar-refractivity contribution is 0.670. The number of furan rings is 1. The number of nitrogens with zero attached hydrogens (tertiary/aromatic N) is 3. The first-order chi connectivity index (χ1) is 24.8. The Kier molecular flexibility index (Phi) is 6.64. The van der Waals surface area contributed by atoms with Crippen LogP contribution in [0.15, 0.2) is 168 Å². The van der Waals surface area contributed by atoms with Gasteiger partial charge in [-0.2, -0.15) is 0 Å². The first kappa shape index (κ1) is 28.6. The summed E-state index contributed by atoms with van der Waals surface area (Å²) in [4.78, 5) is 15.6. The predicted molar refractivity (Wildman–Crippen MR) is 207 cm³/mol. The van der Waals surface area contributed by atoms with Crippen LogP contribution in [0.2, 0.25) is 0 Å². The number of rotatable bonds is 5. The van der Waals surface area contributed by atoms with Gasteiger partial charge in [-0.25, -0.2) is 15.0 Å². The lowest BCUT2D eigenvalue weighted by Gasteiger charge is -2.17. The molecular weight excluding hydrogens is 631 g/mol. The Morgan fingerprint density at radius 2 is 0.900 bits per heavy atom. The standard InChI is InChI=1S/C45H27N3OS/c1-3-14-28(15-4-1)43-46-44(29-16-5-2-6-17-29)48-45(47-43)41-32(31-22-13-27-39-40(31)36-19-8-10-26-38(36)50-39)20-11-21-33(41)35-24-12-23-34-30-18-7-9-25-37(30)49-42(34)35/h1-27H. The predicted octanol–water partition coefficient (Wildman–Crippen LogP) is 12.5. The SMILES string of the molecule is c1ccc(-c2nc(-c3ccccc3)nc(-c3c(-c4cccc5c4oc4ccccc45)cccc3-c3cccc4sc5ccccc5c34)n2)cc1. The lowest BCUT2D eigenvalue weighted by atomic mass is 9.89. The maximum atomic E-state index is 6.62. The van der Waals surface area contributed by atoms with Crippen LogP contribution < -0.4 is 0 Å². The summed E-state index contributed by atoms with van der Waals surface area (Å²) in [5.41, 5.74) is 8.65. The zero-order valence-corrected chi connectivity index (χ0v) is 27.6. The smallest absolute Gasteiger partial charge is 0.165 e. The summed E-state index contributed by atoms with van der Waals surface area (Å²) in [7, 11) is 0. The highest BCUT2D eigenvalue weighted by Gasteiger charge is 2.24. The molecule has 0 aliphatic rings. The molecule has 0 bridgehead atoms. The molecular formula is C45H27N3OS. The summed E-state index contributed by atoms with van der Waals surface area (Å²) in [5, 5.41) is 4.64. The molecule has 0 spiro atoms. The van der Waals surface area contributed by atoms with Crippen molar-refractivity contribution in [2.75, 3.05) is 0 Å². The first-order valence-corrected chi connectivity index (χ1v) is 17.4. The summed E-state index contributed by atoms with van der Waals surface area (Å²) < 4.78 is 9.13. The van der Waals surface area contributed by atoms with Crippen LogP contribution >= 0.6 is 11.3 Å². The number of hydrogen-bond acceptors (Lipinski definition) is 5. The molecule has 0 unspecified atom stereocenters. The van der Waals surface area contributed by atoms with Crippen LogP contribution in [0.5, 0.6) is 0 Å². The Balaban J connectivity index is 1.34. The Bertz CT molecular complexity index is 2820. The number of thiophene rings is 1. The largest absolute Gasteiger partial charge is 0.455 e. The van der Waals surface area contributed by atoms with Gasteiger partial charge >= 0.3 is 0 Å². The second-order valence-corrected chi connectivity index (χ2v) is 13.4. The first-order valence-electron chi connectivity index (χ1n) is 16.6. The molecule has 0 amide bonds. The number of benzene rings is 7. The Morgan fingerprint density at radius 1 is 0.380 bits per heavy atom. The number of para-hydroxylation sites is 2. The van der Waals surface area contributed by atoms with Crippen molar-refractivity contribution >= 4 is 53.4 Å². The molecule has 0 radical (unpaired) electrons. The van der Waals surface area contributed by atoms with E-state index in [1.54, 1.807) is 0 Å². The highest BCUT2D eigenvalue weighted by atomic mass is 32.1. The molecule has 234 valence electrons. The van der Waals surface area contributed by atoms with E-state index in [4.69, 9.17) is 19.4 Å². The van der Waals surface area contributed by atoms with Gasteiger partial charge in [-0.15, -0.1) is 11.3 Å². The van der Waals surface area contributed by atoms with Crippen molar-refractivity contribution in [2.24, 2.45) is 0 Å². The van der Waals surface area contributed by atoms with Gasteiger partial charge < -0.3 is 4.42 Å². The van der Waals surface area contributed by atoms with E-state index in [1.165, 1.54) is 20.2 Å². The normalized spacial score (nSPS) is 11.6. The van der Waals surface area contributed by atoms with Crippen molar-refractivity contribution in [3.63, 3.8) is 0 Å². The van der Waals surface area contributed by atoms with Crippen LogP contribution in [0, 0.1) is 0 Å². The van der Waals surface area contributed by atoms with E-state index in [-0.39, 0.29) is 0 Å². The zero-order valence-electron chi connectivity index (χ0n) is 26.7. The van der Waals surface area contributed by atoms with Crippen molar-refractivity contribution in [1.82, 2.24) is 15.0 Å². The minimum absolute atomic E-state index is 0.605. The van der Waals surface area contributed by atoms with Gasteiger partial charge in [0.2, 0.25) is 0 Å². The molecule has 0 saturated carbocycles. The number of fused-ring (bicyclic) bond motifs is 6. The second-order valence-electron chi connectivity index (χ2n) is 12.3. The van der Waals surface area contributed by atoms with Gasteiger partial charge in [0.15, 0.2) is 17.5 Å². The molecule has 0 saturated heterocycles. The van der Waals surface area contributed by atoms with Crippen LogP contribution in [-0.4, -0.2) is 15.0 Å². The molecule has 0 N–H and O–H groups in total. The molecule has 0 fully saturated rings. The minimum Gasteiger partial charge on any atom is -0.455 e. The highest BCUT2D eigenvalue weighted by molar-refractivity contribution is 7.25. The minimum atomic E-state index is 0.605. The number of aromatic nitrogens is 3. The monoisotopic (exact) mass is 657 g/mol. The molecule has 10 rings (SSSR count). The average Bonchev–Trinajstić information content (AvgIpc) is 3.77. The maximum Gasteiger partial charge on any atom is 0.165 e. The van der Waals surface area contributed by atoms with Crippen molar-refractivity contribution in [1.29, 1.82) is 0 Å². The highest BCUT2D eigenvalue weighted by Crippen LogP contribution is 2.47. The summed E-state index contributed by atoms with van der Waals surface area (Å²) in [6.45, 7) is 0. The summed E-state index contributed by atoms with van der Waals surface area (Å²) >= 11 is 1.82. The third kappa shape index (κ3) is 4.63. The second kappa shape index (κ2) is 11.6. The molecule has 4 nitrogen and oxygen atoms in total. The summed E-state index contributed by atoms with van der Waals surface area (Å²) in [5.74, 6) is 1.85. The van der Waals surface area contributed by atoms with E-state index in [9.17, 15) is 0 Å². The molecule has 0 aliphatic carbocycles. The quantitative estimate of drug-likeness (QED) is 0.185. The molecule has 0 atom stereocenters. The van der Waals surface area contributed by atoms with E-state index in [1.807, 2.05) is 84.1 Å². The van der Waals surface area contributed by atoms with E-state index in [0.29, 0.717) is 17.5 Å². The van der Waals surface area contributed by atoms with Crippen LogP contribution in [0.1, 0.15) is 0 Å². The van der Waals surface area contributed by atoms with Crippen LogP contribution in [0.3, 0.4) is 0 Å². The molecule has 3 heterocycles. The van der Waals surface area contributed by atoms with Gasteiger partial charge in [0.1, 0.15) is 11.2 Å². The zero-order chi connectivity index (χ0) is 33.0. The van der Waals surface area contributed by atoms with Crippen molar-refractivity contribution in [3.05, 3.63) is 164 Å². The summed E-state index contributed by atoms with van der Waals surface area (Å²) in [6, 6.07) is 56.7. The van der Waals surface area contributed by atoms with E-state index < -0.39 is 0 Å². The van der Waals surface area contributed by atoms with Crippen molar-refractivity contribution < 1.29 is 4.42 Å². The molecule has 50 heavy (non-hydrogen) atoms. The van der Waals surface area contributed by atoms with Gasteiger partial charge in [0.05, 0.1) is 0 Å². The molecule has 0 aliphatic heterocycles. The number of hydrogen-bond donors (Lipinski definition) is 0. The molecule has 5 heteroatoms. The molecule has 3 aromatic heterocycles. The van der Waals surface area contributed by atoms with Crippen molar-refractivity contribution in [2.45, 2.75) is 0 Å². The Hall–Kier alpha value is -6.43. The fraction of sp³-hybridized carbons (Fsp3) is 0. The van der Waals surface area contributed by atoms with Gasteiger partial charge in [0.25, 0.3) is 0 Å². The van der Waals surface area contributed by atoms with Crippen LogP contribution in [0.4, 0.5) is 0 Å². The van der Waals surface area contributed by atoms with Crippen molar-refractivity contribution in [3.8, 4) is 56.4 Å². The lowest BCUT2D eigenvalue weighted by Crippen LogP contribution is -2.02. The van der Waals surface area contributed by atoms with E-state index in [0.717, 1.165) is 60.9 Å². The van der Waals surface area contributed by atoms with Gasteiger partial charge in [0, 0.05) is 53.2 Å². The summed E-state index contributed by atoms with van der Waals surface area (Å²) in [6.07, 6.45) is 0. The van der Waals surface area contributed by atoms with Gasteiger partial charge in [-0.05, 0) is 34.9 Å². The average molecular weight is 658 g/mol. The van der Waals surface area contributed by atoms with Gasteiger partial charge in [-0.1, -0.05) is 146 Å². The van der Waals surface area contributed by atoms with Gasteiger partial charge in [-0.3, -0.25) is 0 Å². The molecule has 7 aromatic carbocycles. The molecule has 10 aromatic rings. The maximum absolute atomic E-state index is 6.62. The van der Waals surface area contributed by atoms with E-state index >= 15 is 0 Å². The Labute approximate surface area is 292 Å². The fourth-order valence-corrected chi connectivity index (χ4v) is 8.25.